The molecule has 0 radical (unpaired) electrons. The average Bonchev–Trinajstić information content (AvgIpc) is 2.48. The summed E-state index contributed by atoms with van der Waals surface area (Å²) in [5.74, 6) is 0. The number of fused-ring (bicyclic) bond motifs is 1. The van der Waals surface area contributed by atoms with Crippen LogP contribution in [0.5, 0.6) is 0 Å². The molecule has 2 aromatic rings. The van der Waals surface area contributed by atoms with Gasteiger partial charge in [-0.2, -0.15) is 4.37 Å². The van der Waals surface area contributed by atoms with Gasteiger partial charge in [0.1, 0.15) is 0 Å². The lowest BCUT2D eigenvalue weighted by molar-refractivity contribution is -0.384. The SMILES string of the molecule is Cc1snc2c(C)cc([N+](=O)[O-])cc12. The number of aromatic nitrogens is 1. The molecule has 14 heavy (non-hydrogen) atoms. The van der Waals surface area contributed by atoms with Crippen molar-refractivity contribution in [2.24, 2.45) is 0 Å². The zero-order chi connectivity index (χ0) is 10.3. The fourth-order valence-electron chi connectivity index (χ4n) is 1.42. The minimum atomic E-state index is -0.371. The van der Waals surface area contributed by atoms with Crippen molar-refractivity contribution in [3.63, 3.8) is 0 Å². The van der Waals surface area contributed by atoms with Crippen molar-refractivity contribution in [3.8, 4) is 0 Å². The summed E-state index contributed by atoms with van der Waals surface area (Å²) in [5, 5.41) is 11.5. The molecule has 72 valence electrons. The summed E-state index contributed by atoms with van der Waals surface area (Å²) in [6, 6.07) is 3.14. The lowest BCUT2D eigenvalue weighted by Crippen LogP contribution is -1.89. The fraction of sp³-hybridized carbons (Fsp3) is 0.222. The van der Waals surface area contributed by atoms with E-state index in [2.05, 4.69) is 4.37 Å². The van der Waals surface area contributed by atoms with E-state index in [1.165, 1.54) is 11.5 Å². The minimum absolute atomic E-state index is 0.137. The monoisotopic (exact) mass is 208 g/mol. The van der Waals surface area contributed by atoms with E-state index in [9.17, 15) is 10.1 Å². The van der Waals surface area contributed by atoms with Crippen molar-refractivity contribution in [2.75, 3.05) is 0 Å². The van der Waals surface area contributed by atoms with Crippen molar-refractivity contribution in [3.05, 3.63) is 32.7 Å². The second kappa shape index (κ2) is 3.02. The van der Waals surface area contributed by atoms with Crippen LogP contribution in [0.3, 0.4) is 0 Å². The van der Waals surface area contributed by atoms with Gasteiger partial charge in [-0.1, -0.05) is 0 Å². The molecule has 0 N–H and O–H groups in total. The molecule has 0 saturated carbocycles. The Morgan fingerprint density at radius 3 is 2.79 bits per heavy atom. The predicted molar refractivity (Wildman–Crippen MR) is 55.7 cm³/mol. The Morgan fingerprint density at radius 2 is 2.14 bits per heavy atom. The summed E-state index contributed by atoms with van der Waals surface area (Å²) < 4.78 is 4.24. The number of nitro groups is 1. The predicted octanol–water partition coefficient (Wildman–Crippen LogP) is 2.82. The van der Waals surface area contributed by atoms with Crippen molar-refractivity contribution >= 4 is 28.1 Å². The number of benzene rings is 1. The van der Waals surface area contributed by atoms with Crippen LogP contribution in [0.25, 0.3) is 10.9 Å². The minimum Gasteiger partial charge on any atom is -0.258 e. The van der Waals surface area contributed by atoms with Crippen LogP contribution in [-0.2, 0) is 0 Å². The van der Waals surface area contributed by atoms with Crippen LogP contribution in [-0.4, -0.2) is 9.30 Å². The molecule has 1 aromatic carbocycles. The third-order valence-electron chi connectivity index (χ3n) is 2.15. The Balaban J connectivity index is 2.82. The van der Waals surface area contributed by atoms with E-state index in [-0.39, 0.29) is 10.6 Å². The number of nitro benzene ring substituents is 1. The molecule has 0 bridgehead atoms. The van der Waals surface area contributed by atoms with Crippen LogP contribution in [0.15, 0.2) is 12.1 Å². The molecule has 0 fully saturated rings. The number of hydrogen-bond donors (Lipinski definition) is 0. The Kier molecular flexibility index (Phi) is 1.96. The Bertz CT molecular complexity index is 519. The molecule has 0 saturated heterocycles. The van der Waals surface area contributed by atoms with Crippen LogP contribution in [0.2, 0.25) is 0 Å². The van der Waals surface area contributed by atoms with Gasteiger partial charge in [-0.15, -0.1) is 0 Å². The highest BCUT2D eigenvalue weighted by atomic mass is 32.1. The van der Waals surface area contributed by atoms with Crippen LogP contribution in [0.4, 0.5) is 5.69 Å². The van der Waals surface area contributed by atoms with Gasteiger partial charge in [-0.25, -0.2) is 0 Å². The molecule has 1 heterocycles. The van der Waals surface area contributed by atoms with E-state index in [1.54, 1.807) is 12.1 Å². The molecule has 0 amide bonds. The summed E-state index contributed by atoms with van der Waals surface area (Å²) in [6.45, 7) is 3.76. The van der Waals surface area contributed by atoms with Gasteiger partial charge in [0, 0.05) is 22.4 Å². The number of non-ortho nitro benzene ring substituents is 1. The first-order valence-corrected chi connectivity index (χ1v) is 4.88. The topological polar surface area (TPSA) is 56.0 Å². The smallest absolute Gasteiger partial charge is 0.258 e. The molecule has 1 aromatic heterocycles. The summed E-state index contributed by atoms with van der Waals surface area (Å²) in [7, 11) is 0. The van der Waals surface area contributed by atoms with E-state index in [0.717, 1.165) is 21.3 Å². The first kappa shape index (κ1) is 9.08. The van der Waals surface area contributed by atoms with Crippen molar-refractivity contribution in [1.29, 1.82) is 0 Å². The van der Waals surface area contributed by atoms with Crippen molar-refractivity contribution in [1.82, 2.24) is 4.37 Å². The number of aryl methyl sites for hydroxylation is 2. The molecule has 4 nitrogen and oxygen atoms in total. The molecule has 2 rings (SSSR count). The van der Waals surface area contributed by atoms with E-state index in [4.69, 9.17) is 0 Å². The van der Waals surface area contributed by atoms with Gasteiger partial charge in [0.05, 0.1) is 10.4 Å². The third-order valence-corrected chi connectivity index (χ3v) is 2.92. The van der Waals surface area contributed by atoms with Gasteiger partial charge in [0.2, 0.25) is 0 Å². The van der Waals surface area contributed by atoms with Gasteiger partial charge >= 0.3 is 0 Å². The maximum atomic E-state index is 10.6. The third kappa shape index (κ3) is 1.26. The highest BCUT2D eigenvalue weighted by molar-refractivity contribution is 7.07. The first-order valence-electron chi connectivity index (χ1n) is 4.10. The largest absolute Gasteiger partial charge is 0.270 e. The van der Waals surface area contributed by atoms with Gasteiger partial charge in [0.15, 0.2) is 0 Å². The summed E-state index contributed by atoms with van der Waals surface area (Å²) in [6.07, 6.45) is 0. The maximum Gasteiger partial charge on any atom is 0.270 e. The van der Waals surface area contributed by atoms with E-state index >= 15 is 0 Å². The molecule has 0 aliphatic rings. The lowest BCUT2D eigenvalue weighted by atomic mass is 10.1. The van der Waals surface area contributed by atoms with Crippen LogP contribution in [0, 0.1) is 24.0 Å². The summed E-state index contributed by atoms with van der Waals surface area (Å²) in [4.78, 5) is 11.3. The molecule has 5 heteroatoms. The van der Waals surface area contributed by atoms with Crippen LogP contribution < -0.4 is 0 Å². The van der Waals surface area contributed by atoms with Gasteiger partial charge in [0.25, 0.3) is 5.69 Å². The number of nitrogens with zero attached hydrogens (tertiary/aromatic N) is 2. The van der Waals surface area contributed by atoms with E-state index in [0.29, 0.717) is 0 Å². The van der Waals surface area contributed by atoms with Crippen LogP contribution in [0.1, 0.15) is 10.4 Å². The number of hydrogen-bond acceptors (Lipinski definition) is 4. The summed E-state index contributed by atoms with van der Waals surface area (Å²) in [5.41, 5.74) is 1.87. The molecular formula is C9H8N2O2S. The van der Waals surface area contributed by atoms with E-state index < -0.39 is 0 Å². The average molecular weight is 208 g/mol. The normalized spacial score (nSPS) is 10.7. The van der Waals surface area contributed by atoms with Crippen LogP contribution >= 0.6 is 11.5 Å². The molecule has 0 atom stereocenters. The number of rotatable bonds is 1. The van der Waals surface area contributed by atoms with Gasteiger partial charge in [-0.05, 0) is 30.9 Å². The Morgan fingerprint density at radius 1 is 1.43 bits per heavy atom. The Labute approximate surface area is 84.5 Å². The highest BCUT2D eigenvalue weighted by Crippen LogP contribution is 2.28. The van der Waals surface area contributed by atoms with Gasteiger partial charge < -0.3 is 0 Å². The standard InChI is InChI=1S/C9H8N2O2S/c1-5-3-7(11(12)13)4-8-6(2)14-10-9(5)8/h3-4H,1-2H3. The second-order valence-electron chi connectivity index (χ2n) is 3.15. The summed E-state index contributed by atoms with van der Waals surface area (Å²) >= 11 is 1.38. The van der Waals surface area contributed by atoms with Crippen molar-refractivity contribution in [2.45, 2.75) is 13.8 Å². The maximum absolute atomic E-state index is 10.6. The second-order valence-corrected chi connectivity index (χ2v) is 4.13. The molecule has 0 unspecified atom stereocenters. The molecule has 0 aliphatic heterocycles. The van der Waals surface area contributed by atoms with E-state index in [1.807, 2.05) is 13.8 Å². The Hall–Kier alpha value is -1.49. The van der Waals surface area contributed by atoms with Crippen molar-refractivity contribution < 1.29 is 4.92 Å². The quantitative estimate of drug-likeness (QED) is 0.534. The van der Waals surface area contributed by atoms with Gasteiger partial charge in [-0.3, -0.25) is 10.1 Å². The highest BCUT2D eigenvalue weighted by Gasteiger charge is 2.12. The fourth-order valence-corrected chi connectivity index (χ4v) is 2.14. The molecular weight excluding hydrogens is 200 g/mol. The zero-order valence-corrected chi connectivity index (χ0v) is 8.59. The lowest BCUT2D eigenvalue weighted by Gasteiger charge is -1.96. The zero-order valence-electron chi connectivity index (χ0n) is 7.77. The molecule has 0 spiro atoms. The molecule has 0 aliphatic carbocycles. The first-order chi connectivity index (χ1) is 6.59.